The number of esters is 1. The maximum Gasteiger partial charge on any atom is 0.316 e. The van der Waals surface area contributed by atoms with E-state index in [9.17, 15) is 39.9 Å². The number of phenols is 2. The highest BCUT2D eigenvalue weighted by Crippen LogP contribution is 2.55. The molecule has 6 rings (SSSR count). The van der Waals surface area contributed by atoms with Gasteiger partial charge in [-0.05, 0) is 45.6 Å². The fourth-order valence-corrected chi connectivity index (χ4v) is 7.24. The molecule has 2 heterocycles. The summed E-state index contributed by atoms with van der Waals surface area (Å²) >= 11 is 0. The van der Waals surface area contributed by atoms with Crippen LogP contribution in [0.3, 0.4) is 0 Å². The highest BCUT2D eigenvalue weighted by Gasteiger charge is 2.59. The van der Waals surface area contributed by atoms with Gasteiger partial charge < -0.3 is 49.4 Å². The van der Waals surface area contributed by atoms with Crippen LogP contribution >= 0.6 is 0 Å². The first-order valence-corrected chi connectivity index (χ1v) is 13.7. The quantitative estimate of drug-likeness (QED) is 0.263. The molecule has 0 radical (unpaired) electrons. The number of nitrogens with zero attached hydrogens (tertiary/aromatic N) is 1. The minimum absolute atomic E-state index is 0.0394. The fraction of sp³-hybridized carbons (Fsp3) is 0.500. The molecule has 0 aromatic heterocycles. The number of likely N-dealkylation sites (N-methyl/N-ethyl adjacent to an activating group) is 1. The largest absolute Gasteiger partial charge is 0.507 e. The number of benzene rings is 2. The van der Waals surface area contributed by atoms with E-state index in [4.69, 9.17) is 18.9 Å². The molecule has 8 atom stereocenters. The summed E-state index contributed by atoms with van der Waals surface area (Å²) < 4.78 is 22.4. The maximum atomic E-state index is 14.3. The number of hydrogen-bond donors (Lipinski definition) is 5. The molecule has 2 aliphatic heterocycles. The summed E-state index contributed by atoms with van der Waals surface area (Å²) in [5.74, 6) is -5.32. The number of methoxy groups -OCH3 is 2. The standard InChI is InChI=1S/C30H33NO12/c1-29(39)9-14(40-5)15-10(19(29)27(38)41-6)7-11-16(22(15)34)23(35)17-13(32)8-12-25(18(17)21(11)33)42-28-24(36)20(31(3)4)26(37)30(12,2)43-28/h7-8,14,19-20,24,26,28,32,34,36-37,39H,9H2,1-6H3/t14-,19-,20+,24-,26+,28-,29-,30+/m0/s1. The van der Waals surface area contributed by atoms with Gasteiger partial charge in [-0.2, -0.15) is 0 Å². The second-order valence-electron chi connectivity index (χ2n) is 12.2. The van der Waals surface area contributed by atoms with E-state index in [0.717, 1.165) is 7.11 Å². The Kier molecular flexibility index (Phi) is 6.48. The second-order valence-corrected chi connectivity index (χ2v) is 12.2. The van der Waals surface area contributed by atoms with Crippen LogP contribution in [0.5, 0.6) is 17.2 Å². The third-order valence-electron chi connectivity index (χ3n) is 9.37. The van der Waals surface area contributed by atoms with Gasteiger partial charge in [0.1, 0.15) is 41.0 Å². The van der Waals surface area contributed by atoms with Crippen LogP contribution in [-0.4, -0.2) is 106 Å². The molecule has 230 valence electrons. The molecule has 1 fully saturated rings. The molecule has 5 N–H and O–H groups in total. The number of phenolic OH excluding ortho intramolecular Hbond substituents is 2. The van der Waals surface area contributed by atoms with Crippen LogP contribution in [0.1, 0.15) is 80.8 Å². The number of aliphatic hydroxyl groups is 3. The molecular weight excluding hydrogens is 566 g/mol. The average Bonchev–Trinajstić information content (AvgIpc) is 2.93. The first-order valence-electron chi connectivity index (χ1n) is 13.7. The van der Waals surface area contributed by atoms with Crippen molar-refractivity contribution >= 4 is 17.5 Å². The summed E-state index contributed by atoms with van der Waals surface area (Å²) in [4.78, 5) is 42.8. The van der Waals surface area contributed by atoms with E-state index in [1.807, 2.05) is 0 Å². The normalized spacial score (nSPS) is 34.1. The molecule has 2 bridgehead atoms. The van der Waals surface area contributed by atoms with Crippen LogP contribution in [0.15, 0.2) is 12.1 Å². The molecule has 2 aliphatic carbocycles. The van der Waals surface area contributed by atoms with Gasteiger partial charge in [0.05, 0.1) is 41.5 Å². The SMILES string of the molecule is COC(=O)[C@@H]1c2cc3c(c(O)c2[C@@H](OC)C[C@]1(C)O)C(=O)c1c(O)cc2c(c1C3=O)O[C@H]1O[C@@]2(C)[C@H](O)[C@H](N(C)C)[C@@H]1O. The van der Waals surface area contributed by atoms with Crippen molar-refractivity contribution in [3.05, 3.63) is 51.1 Å². The summed E-state index contributed by atoms with van der Waals surface area (Å²) in [6.07, 6.45) is -5.13. The Morgan fingerprint density at radius 2 is 1.72 bits per heavy atom. The lowest BCUT2D eigenvalue weighted by Crippen LogP contribution is -2.68. The Balaban J connectivity index is 1.61. The monoisotopic (exact) mass is 599 g/mol. The van der Waals surface area contributed by atoms with Crippen molar-refractivity contribution in [1.29, 1.82) is 0 Å². The number of fused-ring (bicyclic) bond motifs is 8. The van der Waals surface area contributed by atoms with Gasteiger partial charge in [0.15, 0.2) is 5.78 Å². The van der Waals surface area contributed by atoms with E-state index < -0.39 is 87.9 Å². The molecule has 43 heavy (non-hydrogen) atoms. The number of ketones is 2. The summed E-state index contributed by atoms with van der Waals surface area (Å²) in [5, 5.41) is 56.3. The van der Waals surface area contributed by atoms with Crippen LogP contribution in [0.2, 0.25) is 0 Å². The summed E-state index contributed by atoms with van der Waals surface area (Å²) in [7, 11) is 5.79. The van der Waals surface area contributed by atoms with Crippen molar-refractivity contribution in [2.24, 2.45) is 0 Å². The van der Waals surface area contributed by atoms with Gasteiger partial charge in [-0.3, -0.25) is 14.4 Å². The zero-order chi connectivity index (χ0) is 31.5. The van der Waals surface area contributed by atoms with Crippen molar-refractivity contribution in [1.82, 2.24) is 4.90 Å². The van der Waals surface area contributed by atoms with Crippen LogP contribution in [0.25, 0.3) is 0 Å². The van der Waals surface area contributed by atoms with Gasteiger partial charge in [-0.25, -0.2) is 0 Å². The molecule has 1 saturated heterocycles. The van der Waals surface area contributed by atoms with E-state index in [1.165, 1.54) is 33.1 Å². The van der Waals surface area contributed by atoms with Gasteiger partial charge in [0.25, 0.3) is 0 Å². The first kappa shape index (κ1) is 29.5. The number of rotatable bonds is 3. The van der Waals surface area contributed by atoms with E-state index in [2.05, 4.69) is 0 Å². The number of hydrogen-bond acceptors (Lipinski definition) is 13. The second kappa shape index (κ2) is 9.45. The topological polar surface area (TPSA) is 193 Å². The first-order chi connectivity index (χ1) is 20.1. The Morgan fingerprint density at radius 3 is 2.33 bits per heavy atom. The Hall–Kier alpha value is -3.59. The van der Waals surface area contributed by atoms with Crippen molar-refractivity contribution in [2.75, 3.05) is 28.3 Å². The van der Waals surface area contributed by atoms with E-state index in [-0.39, 0.29) is 40.0 Å². The van der Waals surface area contributed by atoms with Crippen LogP contribution in [0, 0.1) is 0 Å². The number of ether oxygens (including phenoxy) is 4. The average molecular weight is 600 g/mol. The van der Waals surface area contributed by atoms with Gasteiger partial charge in [0.2, 0.25) is 12.1 Å². The minimum Gasteiger partial charge on any atom is -0.507 e. The molecule has 13 nitrogen and oxygen atoms in total. The molecule has 2 aromatic carbocycles. The highest BCUT2D eigenvalue weighted by molar-refractivity contribution is 6.31. The van der Waals surface area contributed by atoms with Crippen molar-refractivity contribution in [2.45, 2.75) is 68.0 Å². The van der Waals surface area contributed by atoms with Gasteiger partial charge in [-0.15, -0.1) is 0 Å². The zero-order valence-electron chi connectivity index (χ0n) is 24.4. The molecular formula is C30H33NO12. The summed E-state index contributed by atoms with van der Waals surface area (Å²) in [5.41, 5.74) is -4.63. The van der Waals surface area contributed by atoms with Crippen LogP contribution in [0.4, 0.5) is 0 Å². The molecule has 0 amide bonds. The third-order valence-corrected chi connectivity index (χ3v) is 9.37. The zero-order valence-corrected chi connectivity index (χ0v) is 24.4. The number of carbonyl (C=O) groups is 3. The van der Waals surface area contributed by atoms with E-state index >= 15 is 0 Å². The van der Waals surface area contributed by atoms with E-state index in [0.29, 0.717) is 0 Å². The fourth-order valence-electron chi connectivity index (χ4n) is 7.24. The molecule has 4 aliphatic rings. The molecule has 0 spiro atoms. The Bertz CT molecular complexity index is 1600. The maximum absolute atomic E-state index is 14.3. The number of carbonyl (C=O) groups excluding carboxylic acids is 3. The Morgan fingerprint density at radius 1 is 1.05 bits per heavy atom. The molecule has 13 heteroatoms. The van der Waals surface area contributed by atoms with Gasteiger partial charge in [-0.1, -0.05) is 0 Å². The van der Waals surface area contributed by atoms with Gasteiger partial charge in [0, 0.05) is 30.2 Å². The van der Waals surface area contributed by atoms with Crippen LogP contribution < -0.4 is 4.74 Å². The molecule has 0 unspecified atom stereocenters. The van der Waals surface area contributed by atoms with Crippen molar-refractivity contribution in [3.63, 3.8) is 0 Å². The Labute approximate surface area is 246 Å². The van der Waals surface area contributed by atoms with Crippen LogP contribution in [-0.2, 0) is 24.6 Å². The minimum atomic E-state index is -1.71. The lowest BCUT2D eigenvalue weighted by molar-refractivity contribution is -0.311. The smallest absolute Gasteiger partial charge is 0.316 e. The predicted molar refractivity (Wildman–Crippen MR) is 145 cm³/mol. The number of aliphatic hydroxyl groups excluding tert-OH is 2. The molecule has 2 aromatic rings. The van der Waals surface area contributed by atoms with Gasteiger partial charge >= 0.3 is 5.97 Å². The lowest BCUT2D eigenvalue weighted by atomic mass is 9.68. The molecule has 0 saturated carbocycles. The highest BCUT2D eigenvalue weighted by atomic mass is 16.7. The van der Waals surface area contributed by atoms with Crippen molar-refractivity contribution in [3.8, 4) is 17.2 Å². The lowest BCUT2D eigenvalue weighted by Gasteiger charge is -2.53. The third kappa shape index (κ3) is 3.76. The van der Waals surface area contributed by atoms with Crippen molar-refractivity contribution < 1.29 is 58.9 Å². The summed E-state index contributed by atoms with van der Waals surface area (Å²) in [6, 6.07) is 1.58. The predicted octanol–water partition coefficient (Wildman–Crippen LogP) is 0.588. The summed E-state index contributed by atoms with van der Waals surface area (Å²) in [6.45, 7) is 2.93. The van der Waals surface area contributed by atoms with E-state index in [1.54, 1.807) is 19.0 Å². The number of aromatic hydroxyl groups is 2.